The maximum absolute atomic E-state index is 4.63. The van der Waals surface area contributed by atoms with Gasteiger partial charge in [-0.25, -0.2) is 0 Å². The van der Waals surface area contributed by atoms with Gasteiger partial charge in [0, 0.05) is 21.9 Å². The van der Waals surface area contributed by atoms with Crippen LogP contribution in [0.3, 0.4) is 0 Å². The molecule has 0 radical (unpaired) electrons. The minimum Gasteiger partial charge on any atom is -0.327 e. The Balaban J connectivity index is 1.47. The van der Waals surface area contributed by atoms with E-state index in [1.54, 1.807) is 16.4 Å². The predicted molar refractivity (Wildman–Crippen MR) is 109 cm³/mol. The molecule has 0 unspecified atom stereocenters. The quantitative estimate of drug-likeness (QED) is 0.644. The van der Waals surface area contributed by atoms with Gasteiger partial charge in [-0.05, 0) is 30.2 Å². The molecule has 1 N–H and O–H groups in total. The molecule has 0 amide bonds. The minimum absolute atomic E-state index is 0.701. The van der Waals surface area contributed by atoms with Gasteiger partial charge in [0.1, 0.15) is 0 Å². The van der Waals surface area contributed by atoms with E-state index in [0.717, 1.165) is 29.1 Å². The average Bonchev–Trinajstić information content (AvgIpc) is 3.12. The summed E-state index contributed by atoms with van der Waals surface area (Å²) in [4.78, 5) is 5.89. The molecule has 0 saturated carbocycles. The maximum atomic E-state index is 4.63. The lowest BCUT2D eigenvalue weighted by Crippen LogP contribution is -2.14. The molecule has 1 aliphatic heterocycles. The molecule has 4 nitrogen and oxygen atoms in total. The molecule has 0 spiro atoms. The van der Waals surface area contributed by atoms with Crippen LogP contribution in [0.1, 0.15) is 12.5 Å². The summed E-state index contributed by atoms with van der Waals surface area (Å²) in [7, 11) is 0. The molecule has 0 saturated heterocycles. The summed E-state index contributed by atoms with van der Waals surface area (Å²) in [5.74, 6) is 2.25. The van der Waals surface area contributed by atoms with Crippen LogP contribution in [0, 0.1) is 0 Å². The molecule has 1 aromatic heterocycles. The second kappa shape index (κ2) is 7.22. The number of anilines is 1. The van der Waals surface area contributed by atoms with Crippen LogP contribution in [-0.2, 0) is 6.42 Å². The van der Waals surface area contributed by atoms with E-state index < -0.39 is 0 Å². The highest BCUT2D eigenvalue weighted by atomic mass is 32.2. The molecule has 5 heteroatoms. The average molecular weight is 360 g/mol. The zero-order valence-electron chi connectivity index (χ0n) is 14.6. The van der Waals surface area contributed by atoms with Crippen LogP contribution < -0.4 is 5.32 Å². The third-order valence-electron chi connectivity index (χ3n) is 4.25. The smallest absolute Gasteiger partial charge is 0.230 e. The van der Waals surface area contributed by atoms with Gasteiger partial charge in [0.2, 0.25) is 5.95 Å². The van der Waals surface area contributed by atoms with Gasteiger partial charge >= 0.3 is 0 Å². The Labute approximate surface area is 157 Å². The van der Waals surface area contributed by atoms with Crippen molar-refractivity contribution in [3.8, 4) is 11.4 Å². The van der Waals surface area contributed by atoms with Gasteiger partial charge in [-0.2, -0.15) is 9.67 Å². The van der Waals surface area contributed by atoms with E-state index in [-0.39, 0.29) is 0 Å². The molecule has 1 aliphatic rings. The summed E-state index contributed by atoms with van der Waals surface area (Å²) in [5, 5.41) is 7.95. The molecular formula is C21H20N4S. The molecule has 0 aliphatic carbocycles. The van der Waals surface area contributed by atoms with Crippen molar-refractivity contribution in [2.75, 3.05) is 11.1 Å². The normalized spacial score (nSPS) is 13.1. The third kappa shape index (κ3) is 3.44. The Bertz CT molecular complexity index is 955. The van der Waals surface area contributed by atoms with Crippen LogP contribution in [0.15, 0.2) is 77.8 Å². The Morgan fingerprint density at radius 1 is 1.08 bits per heavy atom. The van der Waals surface area contributed by atoms with Gasteiger partial charge in [-0.15, -0.1) is 16.9 Å². The zero-order valence-corrected chi connectivity index (χ0v) is 15.5. The monoisotopic (exact) mass is 360 g/mol. The van der Waals surface area contributed by atoms with Crippen LogP contribution in [0.4, 0.5) is 5.95 Å². The van der Waals surface area contributed by atoms with Crippen LogP contribution in [-0.4, -0.2) is 20.5 Å². The van der Waals surface area contributed by atoms with Crippen molar-refractivity contribution in [1.82, 2.24) is 14.8 Å². The van der Waals surface area contributed by atoms with Crippen molar-refractivity contribution in [1.29, 1.82) is 0 Å². The molecule has 130 valence electrons. The van der Waals surface area contributed by atoms with Crippen molar-refractivity contribution in [3.63, 3.8) is 0 Å². The number of nitrogens with zero attached hydrogens (tertiary/aromatic N) is 3. The van der Waals surface area contributed by atoms with Gasteiger partial charge < -0.3 is 5.32 Å². The van der Waals surface area contributed by atoms with Gasteiger partial charge in [-0.1, -0.05) is 56.0 Å². The first-order chi connectivity index (χ1) is 12.7. The Hall–Kier alpha value is -2.79. The number of fused-ring (bicyclic) bond motifs is 1. The van der Waals surface area contributed by atoms with Crippen LogP contribution in [0.25, 0.3) is 17.1 Å². The number of hydrogen-bond donors (Lipinski definition) is 1. The second-order valence-electron chi connectivity index (χ2n) is 6.11. The highest BCUT2D eigenvalue weighted by molar-refractivity contribution is 7.99. The van der Waals surface area contributed by atoms with Crippen LogP contribution >= 0.6 is 11.8 Å². The van der Waals surface area contributed by atoms with E-state index in [1.165, 1.54) is 10.5 Å². The van der Waals surface area contributed by atoms with Gasteiger partial charge in [0.15, 0.2) is 5.82 Å². The van der Waals surface area contributed by atoms with Gasteiger partial charge in [0.25, 0.3) is 0 Å². The molecule has 4 rings (SSSR count). The maximum Gasteiger partial charge on any atom is 0.230 e. The standard InChI is InChI=1S/C21H20N4S/c1-3-16-9-11-19(12-10-16)26-14-18-13-15(2)25-21(22-18)23-20(24-25)17-7-5-4-6-8-17/h4-13H,2-3,14H2,1H3,(H,22,23,24). The SMILES string of the molecule is C=C1C=C(CSc2ccc(CC)cc2)Nc2nc(-c3ccccc3)nn21. The summed E-state index contributed by atoms with van der Waals surface area (Å²) in [6.07, 6.45) is 3.10. The molecule has 0 atom stereocenters. The van der Waals surface area contributed by atoms with E-state index in [4.69, 9.17) is 0 Å². The molecular weight excluding hydrogens is 340 g/mol. The fourth-order valence-corrected chi connectivity index (χ4v) is 3.61. The predicted octanol–water partition coefficient (Wildman–Crippen LogP) is 5.08. The summed E-state index contributed by atoms with van der Waals surface area (Å²) in [6, 6.07) is 18.7. The minimum atomic E-state index is 0.701. The summed E-state index contributed by atoms with van der Waals surface area (Å²) < 4.78 is 1.76. The first-order valence-electron chi connectivity index (χ1n) is 8.64. The second-order valence-corrected chi connectivity index (χ2v) is 7.16. The van der Waals surface area contributed by atoms with E-state index in [2.05, 4.69) is 53.2 Å². The lowest BCUT2D eigenvalue weighted by Gasteiger charge is -2.17. The highest BCUT2D eigenvalue weighted by Gasteiger charge is 2.18. The summed E-state index contributed by atoms with van der Waals surface area (Å²) >= 11 is 1.80. The number of aromatic nitrogens is 3. The Morgan fingerprint density at radius 2 is 1.85 bits per heavy atom. The van der Waals surface area contributed by atoms with Gasteiger partial charge in [-0.3, -0.25) is 0 Å². The first kappa shape index (κ1) is 16.7. The van der Waals surface area contributed by atoms with E-state index >= 15 is 0 Å². The number of thioether (sulfide) groups is 1. The van der Waals surface area contributed by atoms with Crippen molar-refractivity contribution in [2.45, 2.75) is 18.2 Å². The topological polar surface area (TPSA) is 42.7 Å². The number of rotatable bonds is 5. The lowest BCUT2D eigenvalue weighted by atomic mass is 10.2. The number of allylic oxidation sites excluding steroid dienone is 2. The summed E-state index contributed by atoms with van der Waals surface area (Å²) in [5.41, 5.74) is 4.26. The fourth-order valence-electron chi connectivity index (χ4n) is 2.80. The largest absolute Gasteiger partial charge is 0.327 e. The van der Waals surface area contributed by atoms with E-state index in [0.29, 0.717) is 11.8 Å². The van der Waals surface area contributed by atoms with Crippen molar-refractivity contribution in [2.24, 2.45) is 0 Å². The van der Waals surface area contributed by atoms with Crippen molar-refractivity contribution >= 4 is 23.4 Å². The van der Waals surface area contributed by atoms with Crippen molar-refractivity contribution in [3.05, 3.63) is 78.5 Å². The zero-order chi connectivity index (χ0) is 17.9. The number of aryl methyl sites for hydroxylation is 1. The van der Waals surface area contributed by atoms with Crippen LogP contribution in [0.2, 0.25) is 0 Å². The number of nitrogens with one attached hydrogen (secondary N) is 1. The highest BCUT2D eigenvalue weighted by Crippen LogP contribution is 2.28. The molecule has 0 fully saturated rings. The Morgan fingerprint density at radius 3 is 2.58 bits per heavy atom. The number of hydrogen-bond acceptors (Lipinski definition) is 4. The molecule has 3 aromatic rings. The molecule has 0 bridgehead atoms. The van der Waals surface area contributed by atoms with Crippen LogP contribution in [0.5, 0.6) is 0 Å². The number of benzene rings is 2. The molecule has 2 aromatic carbocycles. The van der Waals surface area contributed by atoms with E-state index in [1.807, 2.05) is 36.4 Å². The lowest BCUT2D eigenvalue weighted by molar-refractivity contribution is 0.905. The first-order valence-corrected chi connectivity index (χ1v) is 9.62. The van der Waals surface area contributed by atoms with Crippen molar-refractivity contribution < 1.29 is 0 Å². The Kier molecular flexibility index (Phi) is 4.63. The van der Waals surface area contributed by atoms with Gasteiger partial charge in [0.05, 0.1) is 5.70 Å². The summed E-state index contributed by atoms with van der Waals surface area (Å²) in [6.45, 7) is 6.30. The fraction of sp³-hybridized carbons (Fsp3) is 0.143. The third-order valence-corrected chi connectivity index (χ3v) is 5.31. The van der Waals surface area contributed by atoms with E-state index in [9.17, 15) is 0 Å². The molecule has 26 heavy (non-hydrogen) atoms. The molecule has 2 heterocycles.